The summed E-state index contributed by atoms with van der Waals surface area (Å²) in [6.45, 7) is 2.13. The lowest BCUT2D eigenvalue weighted by Gasteiger charge is -1.99. The summed E-state index contributed by atoms with van der Waals surface area (Å²) in [6, 6.07) is 0. The van der Waals surface area contributed by atoms with Gasteiger partial charge < -0.3 is 10.2 Å². The van der Waals surface area contributed by atoms with E-state index in [1.165, 1.54) is 0 Å². The third-order valence-corrected chi connectivity index (χ3v) is 3.50. The van der Waals surface area contributed by atoms with Crippen LogP contribution in [0, 0.1) is 0 Å². The van der Waals surface area contributed by atoms with E-state index in [1.54, 1.807) is 6.08 Å². The SMILES string of the molecule is CC/C=C\C/C=C\C/C=C/C=C/[C@H](O)C/C=C\CCCCCC(=O)O. The molecule has 0 rings (SSSR count). The molecule has 0 aliphatic rings. The molecular formula is C22H34O3. The van der Waals surface area contributed by atoms with Gasteiger partial charge in [0.15, 0.2) is 0 Å². The molecule has 0 aliphatic heterocycles. The number of rotatable bonds is 15. The van der Waals surface area contributed by atoms with E-state index in [1.807, 2.05) is 18.2 Å². The number of carbonyl (C=O) groups is 1. The highest BCUT2D eigenvalue weighted by molar-refractivity contribution is 5.66. The number of hydrogen-bond acceptors (Lipinski definition) is 2. The van der Waals surface area contributed by atoms with Crippen molar-refractivity contribution in [3.63, 3.8) is 0 Å². The molecule has 0 spiro atoms. The summed E-state index contributed by atoms with van der Waals surface area (Å²) >= 11 is 0. The zero-order chi connectivity index (χ0) is 18.6. The van der Waals surface area contributed by atoms with Crippen molar-refractivity contribution in [3.05, 3.63) is 60.8 Å². The highest BCUT2D eigenvalue weighted by Crippen LogP contribution is 2.05. The maximum atomic E-state index is 10.4. The van der Waals surface area contributed by atoms with E-state index in [2.05, 4.69) is 43.4 Å². The Kier molecular flexibility index (Phi) is 17.1. The van der Waals surface area contributed by atoms with Crippen LogP contribution in [-0.2, 0) is 4.79 Å². The third-order valence-electron chi connectivity index (χ3n) is 3.50. The average molecular weight is 347 g/mol. The molecule has 0 heterocycles. The van der Waals surface area contributed by atoms with Crippen LogP contribution in [-0.4, -0.2) is 22.3 Å². The van der Waals surface area contributed by atoms with Crippen LogP contribution in [0.3, 0.4) is 0 Å². The topological polar surface area (TPSA) is 57.5 Å². The van der Waals surface area contributed by atoms with E-state index in [4.69, 9.17) is 5.11 Å². The van der Waals surface area contributed by atoms with Crippen molar-refractivity contribution < 1.29 is 15.0 Å². The van der Waals surface area contributed by atoms with Gasteiger partial charge in [-0.25, -0.2) is 0 Å². The molecule has 3 heteroatoms. The van der Waals surface area contributed by atoms with E-state index in [0.717, 1.165) is 44.9 Å². The minimum absolute atomic E-state index is 0.256. The van der Waals surface area contributed by atoms with E-state index in [-0.39, 0.29) is 6.42 Å². The Morgan fingerprint density at radius 3 is 2.32 bits per heavy atom. The number of carboxylic acids is 1. The van der Waals surface area contributed by atoms with Gasteiger partial charge in [-0.2, -0.15) is 0 Å². The van der Waals surface area contributed by atoms with Crippen molar-refractivity contribution in [2.24, 2.45) is 0 Å². The van der Waals surface area contributed by atoms with Crippen LogP contribution in [0.4, 0.5) is 0 Å². The van der Waals surface area contributed by atoms with Gasteiger partial charge in [0.1, 0.15) is 0 Å². The van der Waals surface area contributed by atoms with Gasteiger partial charge in [0.25, 0.3) is 0 Å². The first-order valence-corrected chi connectivity index (χ1v) is 9.35. The predicted molar refractivity (Wildman–Crippen MR) is 107 cm³/mol. The van der Waals surface area contributed by atoms with Crippen molar-refractivity contribution in [2.45, 2.75) is 70.8 Å². The Bertz CT molecular complexity index is 456. The maximum absolute atomic E-state index is 10.4. The van der Waals surface area contributed by atoms with Crippen molar-refractivity contribution in [1.29, 1.82) is 0 Å². The standard InChI is InChI=1S/C22H34O3/c1-2-3-4-5-6-7-8-9-12-15-18-21(23)19-16-13-10-11-14-17-20-22(24)25/h3-4,6-7,9,12-13,15-16,18,21,23H,2,5,8,10-11,14,17,19-20H2,1H3,(H,24,25)/b4-3-,7-6-,12-9+,16-13-,18-15+/t21-/m0/s1. The molecule has 0 aromatic carbocycles. The molecule has 0 aromatic rings. The van der Waals surface area contributed by atoms with Crippen LogP contribution in [0.15, 0.2) is 60.8 Å². The van der Waals surface area contributed by atoms with Crippen molar-refractivity contribution >= 4 is 5.97 Å². The van der Waals surface area contributed by atoms with Crippen molar-refractivity contribution in [3.8, 4) is 0 Å². The Labute approximate surface area is 153 Å². The van der Waals surface area contributed by atoms with Gasteiger partial charge in [0.05, 0.1) is 6.10 Å². The molecule has 2 N–H and O–H groups in total. The highest BCUT2D eigenvalue weighted by Gasteiger charge is 1.96. The molecule has 0 amide bonds. The lowest BCUT2D eigenvalue weighted by molar-refractivity contribution is -0.137. The minimum Gasteiger partial charge on any atom is -0.481 e. The van der Waals surface area contributed by atoms with E-state index >= 15 is 0 Å². The van der Waals surface area contributed by atoms with Crippen LogP contribution < -0.4 is 0 Å². The molecule has 0 fully saturated rings. The smallest absolute Gasteiger partial charge is 0.303 e. The summed E-state index contributed by atoms with van der Waals surface area (Å²) in [7, 11) is 0. The predicted octanol–water partition coefficient (Wildman–Crippen LogP) is 5.74. The van der Waals surface area contributed by atoms with Crippen molar-refractivity contribution in [2.75, 3.05) is 0 Å². The molecule has 0 saturated carbocycles. The molecule has 0 bridgehead atoms. The zero-order valence-electron chi connectivity index (χ0n) is 15.5. The minimum atomic E-state index is -0.723. The lowest BCUT2D eigenvalue weighted by Crippen LogP contribution is -1.98. The lowest BCUT2D eigenvalue weighted by atomic mass is 10.1. The normalized spacial score (nSPS) is 14.0. The molecular weight excluding hydrogens is 312 g/mol. The number of allylic oxidation sites excluding steroid dienone is 8. The van der Waals surface area contributed by atoms with Crippen LogP contribution in [0.5, 0.6) is 0 Å². The van der Waals surface area contributed by atoms with E-state index in [9.17, 15) is 9.90 Å². The Morgan fingerprint density at radius 2 is 1.60 bits per heavy atom. The van der Waals surface area contributed by atoms with Gasteiger partial charge >= 0.3 is 5.97 Å². The molecule has 1 atom stereocenters. The van der Waals surface area contributed by atoms with Crippen LogP contribution >= 0.6 is 0 Å². The monoisotopic (exact) mass is 346 g/mol. The number of aliphatic hydroxyl groups is 1. The Balaban J connectivity index is 3.63. The second-order valence-electron chi connectivity index (χ2n) is 5.90. The van der Waals surface area contributed by atoms with Crippen molar-refractivity contribution in [1.82, 2.24) is 0 Å². The second-order valence-corrected chi connectivity index (χ2v) is 5.90. The first kappa shape index (κ1) is 23.1. The van der Waals surface area contributed by atoms with Gasteiger partial charge in [-0.3, -0.25) is 4.79 Å². The number of aliphatic carboxylic acids is 1. The molecule has 140 valence electrons. The number of carboxylic acid groups (broad SMARTS) is 1. The summed E-state index contributed by atoms with van der Waals surface area (Å²) in [6.07, 6.45) is 27.4. The molecule has 0 saturated heterocycles. The summed E-state index contributed by atoms with van der Waals surface area (Å²) in [4.78, 5) is 10.4. The quantitative estimate of drug-likeness (QED) is 0.226. The zero-order valence-corrected chi connectivity index (χ0v) is 15.5. The molecule has 0 unspecified atom stereocenters. The molecule has 0 aliphatic carbocycles. The fourth-order valence-electron chi connectivity index (χ4n) is 2.11. The number of hydrogen-bond donors (Lipinski definition) is 2. The fraction of sp³-hybridized carbons (Fsp3) is 0.500. The van der Waals surface area contributed by atoms with Gasteiger partial charge in [-0.15, -0.1) is 0 Å². The fourth-order valence-corrected chi connectivity index (χ4v) is 2.11. The van der Waals surface area contributed by atoms with Gasteiger partial charge in [0.2, 0.25) is 0 Å². The van der Waals surface area contributed by atoms with Gasteiger partial charge in [-0.1, -0.05) is 74.1 Å². The molecule has 25 heavy (non-hydrogen) atoms. The molecule has 0 radical (unpaired) electrons. The average Bonchev–Trinajstić information content (AvgIpc) is 2.58. The van der Waals surface area contributed by atoms with E-state index in [0.29, 0.717) is 6.42 Å². The number of aliphatic hydroxyl groups excluding tert-OH is 1. The van der Waals surface area contributed by atoms with E-state index < -0.39 is 12.1 Å². The summed E-state index contributed by atoms with van der Waals surface area (Å²) in [5.41, 5.74) is 0. The maximum Gasteiger partial charge on any atom is 0.303 e. The first-order valence-electron chi connectivity index (χ1n) is 9.35. The molecule has 0 aromatic heterocycles. The highest BCUT2D eigenvalue weighted by atomic mass is 16.4. The summed E-state index contributed by atoms with van der Waals surface area (Å²) in [5, 5.41) is 18.3. The summed E-state index contributed by atoms with van der Waals surface area (Å²) < 4.78 is 0. The second kappa shape index (κ2) is 18.5. The largest absolute Gasteiger partial charge is 0.481 e. The third kappa shape index (κ3) is 20.1. The van der Waals surface area contributed by atoms with Gasteiger partial charge in [-0.05, 0) is 44.9 Å². The Hall–Kier alpha value is -1.87. The Morgan fingerprint density at radius 1 is 0.880 bits per heavy atom. The van der Waals surface area contributed by atoms with Crippen LogP contribution in [0.25, 0.3) is 0 Å². The van der Waals surface area contributed by atoms with Crippen LogP contribution in [0.2, 0.25) is 0 Å². The first-order chi connectivity index (χ1) is 12.2. The van der Waals surface area contributed by atoms with Crippen LogP contribution in [0.1, 0.15) is 64.7 Å². The number of unbranched alkanes of at least 4 members (excludes halogenated alkanes) is 3. The summed E-state index contributed by atoms with van der Waals surface area (Å²) in [5.74, 6) is -0.723. The van der Waals surface area contributed by atoms with Gasteiger partial charge in [0, 0.05) is 6.42 Å². The molecule has 3 nitrogen and oxygen atoms in total.